The van der Waals surface area contributed by atoms with Crippen LogP contribution in [0.15, 0.2) is 17.5 Å². The van der Waals surface area contributed by atoms with E-state index in [0.29, 0.717) is 0 Å². The Kier molecular flexibility index (Phi) is 1.93. The molecule has 0 saturated heterocycles. The Morgan fingerprint density at radius 2 is 1.67 bits per heavy atom. The smallest absolute Gasteiger partial charge is 0.235 e. The third-order valence-electron chi connectivity index (χ3n) is 1.25. The second-order valence-electron chi connectivity index (χ2n) is 2.07. The summed E-state index contributed by atoms with van der Waals surface area (Å²) in [6, 6.07) is 0. The van der Waals surface area contributed by atoms with E-state index in [9.17, 15) is 26.3 Å². The fraction of sp³-hybridized carbons (Fsp3) is 0.333. The van der Waals surface area contributed by atoms with Crippen LogP contribution >= 0.6 is 0 Å². The largest absolute Gasteiger partial charge is 0.336 e. The Hall–Kier alpha value is -0.940. The second-order valence-corrected chi connectivity index (χ2v) is 2.07. The molecule has 12 heavy (non-hydrogen) atoms. The topological polar surface area (TPSA) is 0 Å². The van der Waals surface area contributed by atoms with Crippen LogP contribution in [-0.4, -0.2) is 12.1 Å². The SMILES string of the molecule is FC1=[C]C(F)C(F)(F)C(F)=C1F. The van der Waals surface area contributed by atoms with E-state index in [-0.39, 0.29) is 0 Å². The zero-order valence-electron chi connectivity index (χ0n) is 5.35. The molecule has 0 spiro atoms. The van der Waals surface area contributed by atoms with Crippen molar-refractivity contribution >= 4 is 0 Å². The van der Waals surface area contributed by atoms with E-state index in [1.54, 1.807) is 0 Å². The van der Waals surface area contributed by atoms with Crippen LogP contribution in [0.3, 0.4) is 0 Å². The fourth-order valence-corrected chi connectivity index (χ4v) is 0.619. The highest BCUT2D eigenvalue weighted by Gasteiger charge is 2.50. The maximum atomic E-state index is 12.1. The van der Waals surface area contributed by atoms with Gasteiger partial charge in [0, 0.05) is 6.08 Å². The van der Waals surface area contributed by atoms with Crippen LogP contribution in [0.2, 0.25) is 0 Å². The summed E-state index contributed by atoms with van der Waals surface area (Å²) in [4.78, 5) is 0. The van der Waals surface area contributed by atoms with Crippen LogP contribution < -0.4 is 0 Å². The van der Waals surface area contributed by atoms with Crippen molar-refractivity contribution in [1.82, 2.24) is 0 Å². The summed E-state index contributed by atoms with van der Waals surface area (Å²) in [6.07, 6.45) is -2.47. The Balaban J connectivity index is 3.18. The van der Waals surface area contributed by atoms with Crippen molar-refractivity contribution in [1.29, 1.82) is 0 Å². The van der Waals surface area contributed by atoms with Crippen molar-refractivity contribution in [2.45, 2.75) is 12.1 Å². The monoisotopic (exact) mass is 187 g/mol. The van der Waals surface area contributed by atoms with Gasteiger partial charge in [0.05, 0.1) is 0 Å². The summed E-state index contributed by atoms with van der Waals surface area (Å²) in [5.41, 5.74) is 0. The molecular weight excluding hydrogens is 186 g/mol. The maximum Gasteiger partial charge on any atom is 0.336 e. The van der Waals surface area contributed by atoms with Crippen molar-refractivity contribution in [3.8, 4) is 0 Å². The van der Waals surface area contributed by atoms with Crippen LogP contribution in [0.4, 0.5) is 26.3 Å². The molecular formula is C6HF6. The molecule has 1 atom stereocenters. The average molecular weight is 187 g/mol. The number of halogens is 6. The number of rotatable bonds is 0. The van der Waals surface area contributed by atoms with Gasteiger partial charge >= 0.3 is 5.92 Å². The number of hydrogen-bond donors (Lipinski definition) is 0. The lowest BCUT2D eigenvalue weighted by molar-refractivity contribution is -0.0462. The molecule has 1 radical (unpaired) electrons. The van der Waals surface area contributed by atoms with Crippen LogP contribution in [0.5, 0.6) is 0 Å². The second kappa shape index (κ2) is 2.53. The van der Waals surface area contributed by atoms with Crippen molar-refractivity contribution in [2.75, 3.05) is 0 Å². The Morgan fingerprint density at radius 1 is 1.17 bits per heavy atom. The quantitative estimate of drug-likeness (QED) is 0.511. The lowest BCUT2D eigenvalue weighted by Gasteiger charge is -2.19. The average Bonchev–Trinajstić information content (AvgIpc) is 1.99. The van der Waals surface area contributed by atoms with Gasteiger partial charge < -0.3 is 0 Å². The Morgan fingerprint density at radius 3 is 2.17 bits per heavy atom. The molecule has 6 heteroatoms. The zero-order valence-corrected chi connectivity index (χ0v) is 5.35. The van der Waals surface area contributed by atoms with E-state index in [2.05, 4.69) is 0 Å². The highest BCUT2D eigenvalue weighted by molar-refractivity contribution is 5.31. The standard InChI is InChI=1S/C6HF6/c7-2-1-3(8)6(11,12)5(10)4(2)9/h3H. The van der Waals surface area contributed by atoms with Crippen LogP contribution in [0.1, 0.15) is 0 Å². The summed E-state index contributed by atoms with van der Waals surface area (Å²) < 4.78 is 72.4. The van der Waals surface area contributed by atoms with Crippen molar-refractivity contribution in [2.24, 2.45) is 0 Å². The minimum absolute atomic E-state index is 0.810. The molecule has 0 bridgehead atoms. The Labute approximate surface area is 63.2 Å². The minimum atomic E-state index is -4.65. The predicted molar refractivity (Wildman–Crippen MR) is 26.9 cm³/mol. The highest BCUT2D eigenvalue weighted by Crippen LogP contribution is 2.40. The van der Waals surface area contributed by atoms with Crippen molar-refractivity contribution < 1.29 is 26.3 Å². The number of hydrogen-bond acceptors (Lipinski definition) is 0. The van der Waals surface area contributed by atoms with E-state index in [0.717, 1.165) is 6.08 Å². The van der Waals surface area contributed by atoms with Gasteiger partial charge in [-0.05, 0) is 0 Å². The summed E-state index contributed by atoms with van der Waals surface area (Å²) in [6.45, 7) is 0. The molecule has 67 valence electrons. The van der Waals surface area contributed by atoms with Gasteiger partial charge in [0.1, 0.15) is 0 Å². The third kappa shape index (κ3) is 1.11. The van der Waals surface area contributed by atoms with Crippen LogP contribution in [0, 0.1) is 6.08 Å². The van der Waals surface area contributed by atoms with E-state index in [4.69, 9.17) is 0 Å². The number of allylic oxidation sites excluding steroid dienone is 4. The van der Waals surface area contributed by atoms with Crippen molar-refractivity contribution in [3.05, 3.63) is 23.6 Å². The highest BCUT2D eigenvalue weighted by atomic mass is 19.3. The number of alkyl halides is 3. The van der Waals surface area contributed by atoms with E-state index >= 15 is 0 Å². The summed E-state index contributed by atoms with van der Waals surface area (Å²) >= 11 is 0. The molecule has 1 unspecified atom stereocenters. The summed E-state index contributed by atoms with van der Waals surface area (Å²) in [5, 5.41) is 0. The first-order valence-electron chi connectivity index (χ1n) is 2.74. The summed E-state index contributed by atoms with van der Waals surface area (Å²) in [7, 11) is 0. The maximum absolute atomic E-state index is 12.1. The molecule has 0 heterocycles. The molecule has 0 aromatic heterocycles. The first-order chi connectivity index (χ1) is 5.37. The van der Waals surface area contributed by atoms with Gasteiger partial charge in [0.2, 0.25) is 5.83 Å². The minimum Gasteiger partial charge on any atom is -0.235 e. The first-order valence-corrected chi connectivity index (χ1v) is 2.74. The van der Waals surface area contributed by atoms with E-state index < -0.39 is 29.6 Å². The molecule has 1 rings (SSSR count). The normalized spacial score (nSPS) is 28.8. The summed E-state index contributed by atoms with van der Waals surface area (Å²) in [5.74, 6) is -11.8. The third-order valence-corrected chi connectivity index (χ3v) is 1.25. The van der Waals surface area contributed by atoms with Gasteiger partial charge in [-0.2, -0.15) is 8.78 Å². The van der Waals surface area contributed by atoms with Gasteiger partial charge in [-0.3, -0.25) is 0 Å². The van der Waals surface area contributed by atoms with Gasteiger partial charge in [-0.15, -0.1) is 0 Å². The lowest BCUT2D eigenvalue weighted by atomic mass is 10.1. The molecule has 0 nitrogen and oxygen atoms in total. The molecule has 1 aliphatic carbocycles. The van der Waals surface area contributed by atoms with Gasteiger partial charge in [0.25, 0.3) is 0 Å². The molecule has 0 aromatic carbocycles. The van der Waals surface area contributed by atoms with E-state index in [1.807, 2.05) is 0 Å². The lowest BCUT2D eigenvalue weighted by Crippen LogP contribution is -2.33. The first kappa shape index (κ1) is 9.15. The molecule has 0 fully saturated rings. The Bertz CT molecular complexity index is 263. The van der Waals surface area contributed by atoms with Crippen LogP contribution in [0.25, 0.3) is 0 Å². The fourth-order valence-electron chi connectivity index (χ4n) is 0.619. The zero-order chi connectivity index (χ0) is 9.52. The molecule has 0 aliphatic heterocycles. The van der Waals surface area contributed by atoms with Gasteiger partial charge in [0.15, 0.2) is 17.8 Å². The van der Waals surface area contributed by atoms with E-state index in [1.165, 1.54) is 0 Å². The molecule has 0 amide bonds. The molecule has 0 N–H and O–H groups in total. The predicted octanol–water partition coefficient (Wildman–Crippen LogP) is 2.78. The molecule has 0 saturated carbocycles. The van der Waals surface area contributed by atoms with Crippen LogP contribution in [-0.2, 0) is 0 Å². The van der Waals surface area contributed by atoms with Gasteiger partial charge in [-0.25, -0.2) is 17.6 Å². The molecule has 1 aliphatic rings. The van der Waals surface area contributed by atoms with Gasteiger partial charge in [-0.1, -0.05) is 0 Å². The van der Waals surface area contributed by atoms with Crippen molar-refractivity contribution in [3.63, 3.8) is 0 Å². The molecule has 0 aromatic rings.